The van der Waals surface area contributed by atoms with Crippen molar-refractivity contribution in [3.63, 3.8) is 0 Å². The largest absolute Gasteiger partial charge is 0.478 e. The number of carboxylic acid groups (broad SMARTS) is 4. The van der Waals surface area contributed by atoms with Gasteiger partial charge in [0.2, 0.25) is 0 Å². The number of aromatic carboxylic acids is 4. The molecule has 0 aliphatic carbocycles. The summed E-state index contributed by atoms with van der Waals surface area (Å²) >= 11 is 0. The van der Waals surface area contributed by atoms with Crippen molar-refractivity contribution in [2.45, 2.75) is 40.8 Å². The van der Waals surface area contributed by atoms with Gasteiger partial charge in [-0.25, -0.2) is 19.2 Å². The number of hydrogen-bond donors (Lipinski definition) is 6. The molecule has 0 aliphatic heterocycles. The third-order valence-corrected chi connectivity index (χ3v) is 6.73. The van der Waals surface area contributed by atoms with E-state index in [0.29, 0.717) is 24.5 Å². The molecule has 0 fully saturated rings. The van der Waals surface area contributed by atoms with E-state index in [1.54, 1.807) is 0 Å². The van der Waals surface area contributed by atoms with Gasteiger partial charge in [0, 0.05) is 24.5 Å². The van der Waals surface area contributed by atoms with E-state index in [9.17, 15) is 39.6 Å². The van der Waals surface area contributed by atoms with Gasteiger partial charge >= 0.3 is 23.9 Å². The molecule has 0 amide bonds. The SMILES string of the molecule is Cc1c(C)c(CNc2cc(C(=O)O)cc(C(=O)O)c2)c(C)c(C)c1CNc1cc(C(=O)O)cc(C(=O)O)c1. The van der Waals surface area contributed by atoms with E-state index < -0.39 is 23.9 Å². The minimum atomic E-state index is -1.23. The second kappa shape index (κ2) is 11.0. The van der Waals surface area contributed by atoms with Gasteiger partial charge in [-0.1, -0.05) is 0 Å². The van der Waals surface area contributed by atoms with Gasteiger partial charge in [0.05, 0.1) is 22.3 Å². The fraction of sp³-hybridized carbons (Fsp3) is 0.214. The van der Waals surface area contributed by atoms with E-state index in [1.165, 1.54) is 24.3 Å². The van der Waals surface area contributed by atoms with Crippen molar-refractivity contribution in [2.75, 3.05) is 10.6 Å². The maximum atomic E-state index is 11.4. The normalized spacial score (nSPS) is 10.6. The molecule has 0 radical (unpaired) electrons. The molecular weight excluding hydrogens is 492 g/mol. The Morgan fingerprint density at radius 1 is 0.500 bits per heavy atom. The second-order valence-electron chi connectivity index (χ2n) is 8.98. The molecule has 3 aromatic carbocycles. The molecule has 0 aromatic heterocycles. The predicted molar refractivity (Wildman–Crippen MR) is 141 cm³/mol. The van der Waals surface area contributed by atoms with Crippen molar-refractivity contribution in [3.05, 3.63) is 92.0 Å². The number of nitrogens with one attached hydrogen (secondary N) is 2. The molecule has 6 N–H and O–H groups in total. The van der Waals surface area contributed by atoms with Crippen molar-refractivity contribution in [1.82, 2.24) is 0 Å². The lowest BCUT2D eigenvalue weighted by atomic mass is 9.88. The van der Waals surface area contributed by atoms with Crippen molar-refractivity contribution in [2.24, 2.45) is 0 Å². The fourth-order valence-corrected chi connectivity index (χ4v) is 4.33. The second-order valence-corrected chi connectivity index (χ2v) is 8.98. The van der Waals surface area contributed by atoms with Crippen molar-refractivity contribution in [3.8, 4) is 0 Å². The first-order chi connectivity index (χ1) is 17.8. The van der Waals surface area contributed by atoms with Crippen LogP contribution in [-0.2, 0) is 13.1 Å². The highest BCUT2D eigenvalue weighted by molar-refractivity contribution is 5.96. The zero-order valence-corrected chi connectivity index (χ0v) is 21.3. The summed E-state index contributed by atoms with van der Waals surface area (Å²) in [6, 6.07) is 7.74. The van der Waals surface area contributed by atoms with E-state index >= 15 is 0 Å². The van der Waals surface area contributed by atoms with Crippen molar-refractivity contribution < 1.29 is 39.6 Å². The highest BCUT2D eigenvalue weighted by Gasteiger charge is 2.17. The van der Waals surface area contributed by atoms with Gasteiger partial charge in [0.15, 0.2) is 0 Å². The summed E-state index contributed by atoms with van der Waals surface area (Å²) in [5, 5.41) is 43.6. The third-order valence-electron chi connectivity index (χ3n) is 6.73. The molecule has 0 saturated heterocycles. The van der Waals surface area contributed by atoms with Crippen LogP contribution < -0.4 is 10.6 Å². The lowest BCUT2D eigenvalue weighted by molar-refractivity contribution is 0.0676. The average Bonchev–Trinajstić information content (AvgIpc) is 2.86. The van der Waals surface area contributed by atoms with Gasteiger partial charge in [0.25, 0.3) is 0 Å². The molecule has 198 valence electrons. The smallest absolute Gasteiger partial charge is 0.335 e. The molecule has 0 heterocycles. The number of benzene rings is 3. The topological polar surface area (TPSA) is 173 Å². The van der Waals surface area contributed by atoms with Crippen LogP contribution in [0.1, 0.15) is 74.8 Å². The van der Waals surface area contributed by atoms with Crippen LogP contribution in [0, 0.1) is 27.7 Å². The van der Waals surface area contributed by atoms with Crippen LogP contribution >= 0.6 is 0 Å². The molecule has 10 nitrogen and oxygen atoms in total. The summed E-state index contributed by atoms with van der Waals surface area (Å²) in [5.41, 5.74) is 6.09. The van der Waals surface area contributed by atoms with Crippen LogP contribution in [0.15, 0.2) is 36.4 Å². The van der Waals surface area contributed by atoms with E-state index in [4.69, 9.17) is 0 Å². The minimum absolute atomic E-state index is 0.132. The zero-order valence-electron chi connectivity index (χ0n) is 21.3. The van der Waals surface area contributed by atoms with Crippen LogP contribution in [0.3, 0.4) is 0 Å². The van der Waals surface area contributed by atoms with E-state index in [2.05, 4.69) is 10.6 Å². The molecule has 0 bridgehead atoms. The average molecular weight is 521 g/mol. The number of anilines is 2. The number of carboxylic acids is 4. The summed E-state index contributed by atoms with van der Waals surface area (Å²) < 4.78 is 0. The third kappa shape index (κ3) is 5.92. The fourth-order valence-electron chi connectivity index (χ4n) is 4.33. The summed E-state index contributed by atoms with van der Waals surface area (Å²) in [5.74, 6) is -4.90. The van der Waals surface area contributed by atoms with Crippen LogP contribution in [-0.4, -0.2) is 44.3 Å². The highest BCUT2D eigenvalue weighted by atomic mass is 16.4. The Hall–Kier alpha value is -4.86. The van der Waals surface area contributed by atoms with Gasteiger partial charge in [-0.15, -0.1) is 0 Å². The van der Waals surface area contributed by atoms with Crippen molar-refractivity contribution in [1.29, 1.82) is 0 Å². The quantitative estimate of drug-likeness (QED) is 0.215. The molecule has 38 heavy (non-hydrogen) atoms. The van der Waals surface area contributed by atoms with Gasteiger partial charge in [-0.2, -0.15) is 0 Å². The number of rotatable bonds is 10. The lowest BCUT2D eigenvalue weighted by Crippen LogP contribution is -2.13. The molecule has 3 rings (SSSR count). The summed E-state index contributed by atoms with van der Waals surface area (Å²) in [6.07, 6.45) is 0. The van der Waals surface area contributed by atoms with Crippen LogP contribution in [0.4, 0.5) is 11.4 Å². The Kier molecular flexibility index (Phi) is 8.05. The summed E-state index contributed by atoms with van der Waals surface area (Å²) in [7, 11) is 0. The number of carbonyl (C=O) groups is 4. The van der Waals surface area contributed by atoms with Gasteiger partial charge in [0.1, 0.15) is 0 Å². The first-order valence-corrected chi connectivity index (χ1v) is 11.6. The van der Waals surface area contributed by atoms with E-state index in [1.807, 2.05) is 27.7 Å². The summed E-state index contributed by atoms with van der Waals surface area (Å²) in [6.45, 7) is 8.46. The van der Waals surface area contributed by atoms with E-state index in [0.717, 1.165) is 45.5 Å². The van der Waals surface area contributed by atoms with Crippen LogP contribution in [0.5, 0.6) is 0 Å². The number of hydrogen-bond acceptors (Lipinski definition) is 6. The minimum Gasteiger partial charge on any atom is -0.478 e. The molecule has 3 aromatic rings. The first kappa shape index (κ1) is 27.7. The molecular formula is C28H28N2O8. The van der Waals surface area contributed by atoms with Gasteiger partial charge in [-0.05, 0) is 97.5 Å². The van der Waals surface area contributed by atoms with Crippen LogP contribution in [0.2, 0.25) is 0 Å². The highest BCUT2D eigenvalue weighted by Crippen LogP contribution is 2.29. The maximum absolute atomic E-state index is 11.4. The Morgan fingerprint density at radius 2 is 0.737 bits per heavy atom. The van der Waals surface area contributed by atoms with Crippen molar-refractivity contribution >= 4 is 35.3 Å². The summed E-state index contributed by atoms with van der Waals surface area (Å²) in [4.78, 5) is 45.7. The van der Waals surface area contributed by atoms with Gasteiger partial charge < -0.3 is 31.1 Å². The maximum Gasteiger partial charge on any atom is 0.335 e. The Balaban J connectivity index is 1.89. The lowest BCUT2D eigenvalue weighted by Gasteiger charge is -2.22. The zero-order chi connectivity index (χ0) is 28.3. The predicted octanol–water partition coefficient (Wildman–Crippen LogP) is 4.94. The molecule has 0 atom stereocenters. The Morgan fingerprint density at radius 3 is 0.947 bits per heavy atom. The van der Waals surface area contributed by atoms with Crippen LogP contribution in [0.25, 0.3) is 0 Å². The Labute approximate surface area is 218 Å². The molecule has 0 unspecified atom stereocenters. The first-order valence-electron chi connectivity index (χ1n) is 11.6. The standard InChI is InChI=1S/C28H28N2O8/c1-13-14(2)24(12-30-22-9-19(27(35)36)6-20(10-22)28(37)38)16(4)15(3)23(13)11-29-21-7-17(25(31)32)5-18(8-21)26(33)34/h5-10,29-30H,11-12H2,1-4H3,(H,31,32)(H,33,34)(H,35,36)(H,37,38). The monoisotopic (exact) mass is 520 g/mol. The molecule has 0 saturated carbocycles. The molecule has 0 spiro atoms. The van der Waals surface area contributed by atoms with Gasteiger partial charge in [-0.3, -0.25) is 0 Å². The Bertz CT molecular complexity index is 1270. The molecule has 0 aliphatic rings. The van der Waals surface area contributed by atoms with E-state index in [-0.39, 0.29) is 22.3 Å². The molecule has 10 heteroatoms.